The molecule has 8 heteroatoms. The van der Waals surface area contributed by atoms with Gasteiger partial charge in [0.1, 0.15) is 9.79 Å². The molecule has 50 heavy (non-hydrogen) atoms. The number of hydrogen-bond donors (Lipinski definition) is 2. The van der Waals surface area contributed by atoms with Gasteiger partial charge in [0.05, 0.1) is 0 Å². The lowest BCUT2D eigenvalue weighted by molar-refractivity contribution is 0.466. The highest BCUT2D eigenvalue weighted by Crippen LogP contribution is 2.30. The van der Waals surface area contributed by atoms with E-state index in [-0.39, 0.29) is 5.56 Å². The molecule has 6 aromatic carbocycles. The Balaban J connectivity index is 0.000000201. The second-order valence-corrected chi connectivity index (χ2v) is 13.8. The number of hydrogen-bond acceptors (Lipinski definition) is 4. The zero-order valence-electron chi connectivity index (χ0n) is 26.8. The minimum Gasteiger partial charge on any atom is -0.282 e. The third kappa shape index (κ3) is 9.95. The Labute approximate surface area is 293 Å². The molecule has 2 N–H and O–H groups in total. The second kappa shape index (κ2) is 16.6. The highest BCUT2D eigenvalue weighted by molar-refractivity contribution is 7.89. The predicted molar refractivity (Wildman–Crippen MR) is 204 cm³/mol. The van der Waals surface area contributed by atoms with E-state index in [9.17, 15) is 21.4 Å². The Kier molecular flexibility index (Phi) is 11.9. The van der Waals surface area contributed by atoms with Crippen molar-refractivity contribution in [2.75, 3.05) is 0 Å². The van der Waals surface area contributed by atoms with Crippen molar-refractivity contribution in [1.82, 2.24) is 0 Å². The van der Waals surface area contributed by atoms with Crippen molar-refractivity contribution < 1.29 is 25.9 Å². The van der Waals surface area contributed by atoms with Crippen LogP contribution in [0.3, 0.4) is 0 Å². The molecule has 0 amide bonds. The first-order chi connectivity index (χ1) is 24.1. The fourth-order valence-corrected chi connectivity index (χ4v) is 7.16. The summed E-state index contributed by atoms with van der Waals surface area (Å²) in [7, 11) is -9.64. The second-order valence-electron chi connectivity index (χ2n) is 11.0. The molecule has 250 valence electrons. The zero-order valence-corrected chi connectivity index (χ0v) is 28.5. The first kappa shape index (κ1) is 35.7. The maximum absolute atomic E-state index is 11.5. The van der Waals surface area contributed by atoms with Gasteiger partial charge in [-0.05, 0) is 50.6 Å². The highest BCUT2D eigenvalue weighted by Gasteiger charge is 2.26. The lowest BCUT2D eigenvalue weighted by Gasteiger charge is -2.10. The van der Waals surface area contributed by atoms with Gasteiger partial charge in [-0.2, -0.15) is 16.8 Å². The molecule has 0 saturated heterocycles. The van der Waals surface area contributed by atoms with Crippen molar-refractivity contribution in [1.29, 1.82) is 0 Å². The van der Waals surface area contributed by atoms with Crippen molar-refractivity contribution in [3.05, 3.63) is 191 Å². The standard InChI is InChI=1S/C28H22.C14H12O6S2/c1-4-11-23(12-5-1)19-21-26-17-10-18-27(25-15-8-3-9-16-25)28(26)22-20-24-13-6-2-7-14-24;15-21(16,17)13-8-4-7-12(14(13)22(18,19)20)10-9-11-5-2-1-3-6-11/h1-22H;1-10H,(H,15,16,17)(H,18,19,20). The predicted octanol–water partition coefficient (Wildman–Crippen LogP) is 10.0. The Bertz CT molecular complexity index is 2330. The Hall–Kier alpha value is -5.64. The lowest BCUT2D eigenvalue weighted by atomic mass is 9.94. The average Bonchev–Trinajstić information content (AvgIpc) is 3.13. The number of rotatable bonds is 9. The first-order valence-electron chi connectivity index (χ1n) is 15.6. The monoisotopic (exact) mass is 698 g/mol. The van der Waals surface area contributed by atoms with E-state index >= 15 is 0 Å². The van der Waals surface area contributed by atoms with Gasteiger partial charge in [-0.3, -0.25) is 9.11 Å². The Morgan fingerprint density at radius 2 is 0.800 bits per heavy atom. The molecular weight excluding hydrogens is 665 g/mol. The van der Waals surface area contributed by atoms with Gasteiger partial charge in [0.2, 0.25) is 0 Å². The molecule has 0 radical (unpaired) electrons. The first-order valence-corrected chi connectivity index (χ1v) is 18.4. The summed E-state index contributed by atoms with van der Waals surface area (Å²) in [6, 6.07) is 50.3. The van der Waals surface area contributed by atoms with E-state index in [0.717, 1.165) is 11.6 Å². The average molecular weight is 699 g/mol. The summed E-state index contributed by atoms with van der Waals surface area (Å²) in [5.41, 5.74) is 7.99. The summed E-state index contributed by atoms with van der Waals surface area (Å²) in [6.07, 6.45) is 11.7. The molecule has 0 aliphatic carbocycles. The lowest BCUT2D eigenvalue weighted by Crippen LogP contribution is -2.10. The summed E-state index contributed by atoms with van der Waals surface area (Å²) in [6.45, 7) is 0. The van der Waals surface area contributed by atoms with Crippen molar-refractivity contribution >= 4 is 56.7 Å². The van der Waals surface area contributed by atoms with Crippen LogP contribution in [0.2, 0.25) is 0 Å². The Morgan fingerprint density at radius 1 is 0.380 bits per heavy atom. The summed E-state index contributed by atoms with van der Waals surface area (Å²) in [5, 5.41) is 0. The molecule has 0 fully saturated rings. The van der Waals surface area contributed by atoms with Crippen LogP contribution >= 0.6 is 0 Å². The van der Waals surface area contributed by atoms with Gasteiger partial charge < -0.3 is 0 Å². The van der Waals surface area contributed by atoms with Crippen LogP contribution in [0, 0.1) is 0 Å². The van der Waals surface area contributed by atoms with E-state index in [4.69, 9.17) is 4.55 Å². The molecule has 0 atom stereocenters. The largest absolute Gasteiger partial charge is 0.296 e. The van der Waals surface area contributed by atoms with Crippen molar-refractivity contribution in [2.45, 2.75) is 9.79 Å². The molecule has 0 aliphatic rings. The molecule has 6 nitrogen and oxygen atoms in total. The zero-order chi connectivity index (χ0) is 35.4. The van der Waals surface area contributed by atoms with Crippen LogP contribution in [0.1, 0.15) is 33.4 Å². The molecule has 6 rings (SSSR count). The van der Waals surface area contributed by atoms with Gasteiger partial charge in [0.25, 0.3) is 20.2 Å². The number of benzene rings is 6. The van der Waals surface area contributed by atoms with E-state index in [0.29, 0.717) is 0 Å². The summed E-state index contributed by atoms with van der Waals surface area (Å²) in [5.74, 6) is 0. The van der Waals surface area contributed by atoms with Crippen molar-refractivity contribution in [3.63, 3.8) is 0 Å². The minimum absolute atomic E-state index is 0.0542. The summed E-state index contributed by atoms with van der Waals surface area (Å²) in [4.78, 5) is -1.73. The van der Waals surface area contributed by atoms with E-state index in [1.807, 2.05) is 12.1 Å². The van der Waals surface area contributed by atoms with E-state index in [2.05, 4.69) is 121 Å². The van der Waals surface area contributed by atoms with Gasteiger partial charge in [0.15, 0.2) is 0 Å². The van der Waals surface area contributed by atoms with Crippen LogP contribution < -0.4 is 0 Å². The summed E-state index contributed by atoms with van der Waals surface area (Å²) >= 11 is 0. The van der Waals surface area contributed by atoms with Crippen molar-refractivity contribution in [3.8, 4) is 11.1 Å². The Morgan fingerprint density at radius 3 is 1.28 bits per heavy atom. The normalized spacial score (nSPS) is 11.9. The molecule has 6 aromatic rings. The van der Waals surface area contributed by atoms with Gasteiger partial charge in [-0.15, -0.1) is 0 Å². The SMILES string of the molecule is C(=Cc1cccc(-c2ccccc2)c1C=Cc1ccccc1)c1ccccc1.O=S(=O)(O)c1cccc(C=Cc2ccccc2)c1S(=O)(=O)O. The topological polar surface area (TPSA) is 109 Å². The van der Waals surface area contributed by atoms with Gasteiger partial charge in [0, 0.05) is 0 Å². The third-order valence-electron chi connectivity index (χ3n) is 7.52. The van der Waals surface area contributed by atoms with Crippen LogP contribution in [0.25, 0.3) is 47.6 Å². The van der Waals surface area contributed by atoms with E-state index < -0.39 is 30.0 Å². The molecule has 0 heterocycles. The molecule has 0 aromatic heterocycles. The molecular formula is C42H34O6S2. The molecule has 0 aliphatic heterocycles. The molecule has 0 spiro atoms. The summed E-state index contributed by atoms with van der Waals surface area (Å²) < 4.78 is 63.9. The van der Waals surface area contributed by atoms with E-state index in [1.165, 1.54) is 51.6 Å². The van der Waals surface area contributed by atoms with Crippen LogP contribution in [0.15, 0.2) is 168 Å². The van der Waals surface area contributed by atoms with Crippen LogP contribution in [-0.4, -0.2) is 25.9 Å². The highest BCUT2D eigenvalue weighted by atomic mass is 32.2. The van der Waals surface area contributed by atoms with Crippen LogP contribution in [0.4, 0.5) is 0 Å². The van der Waals surface area contributed by atoms with E-state index in [1.54, 1.807) is 36.4 Å². The third-order valence-corrected chi connectivity index (χ3v) is 9.52. The molecule has 0 saturated carbocycles. The minimum atomic E-state index is -4.84. The smallest absolute Gasteiger partial charge is 0.282 e. The van der Waals surface area contributed by atoms with Crippen molar-refractivity contribution in [2.24, 2.45) is 0 Å². The van der Waals surface area contributed by atoms with Gasteiger partial charge in [-0.1, -0.05) is 188 Å². The molecule has 0 bridgehead atoms. The fraction of sp³-hybridized carbons (Fsp3) is 0. The maximum Gasteiger partial charge on any atom is 0.296 e. The van der Waals surface area contributed by atoms with Gasteiger partial charge >= 0.3 is 0 Å². The maximum atomic E-state index is 11.5. The molecule has 0 unspecified atom stereocenters. The quantitative estimate of drug-likeness (QED) is 0.115. The van der Waals surface area contributed by atoms with Crippen LogP contribution in [0.5, 0.6) is 0 Å². The van der Waals surface area contributed by atoms with Gasteiger partial charge in [-0.25, -0.2) is 0 Å². The van der Waals surface area contributed by atoms with Crippen LogP contribution in [-0.2, 0) is 20.2 Å². The fourth-order valence-electron chi connectivity index (χ4n) is 5.17.